The number of carboxylic acids is 1. The predicted molar refractivity (Wildman–Crippen MR) is 158 cm³/mol. The lowest BCUT2D eigenvalue weighted by Gasteiger charge is -2.32. The number of alkyl halides is 5. The van der Waals surface area contributed by atoms with E-state index in [0.29, 0.717) is 17.1 Å². The molecule has 1 fully saturated rings. The van der Waals surface area contributed by atoms with Gasteiger partial charge >= 0.3 is 12.1 Å². The lowest BCUT2D eigenvalue weighted by Crippen LogP contribution is -2.42. The Morgan fingerprint density at radius 2 is 1.95 bits per heavy atom. The Balaban J connectivity index is 1.75. The number of rotatable bonds is 10. The van der Waals surface area contributed by atoms with E-state index in [1.54, 1.807) is 0 Å². The molecular weight excluding hydrogens is 676 g/mol. The van der Waals surface area contributed by atoms with E-state index < -0.39 is 45.8 Å². The highest BCUT2D eigenvalue weighted by molar-refractivity contribution is 7.98. The lowest BCUT2D eigenvalue weighted by atomic mass is 9.90. The molecule has 2 N–H and O–H groups in total. The van der Waals surface area contributed by atoms with Gasteiger partial charge in [-0.05, 0) is 45.7 Å². The molecule has 4 rings (SSSR count). The van der Waals surface area contributed by atoms with Crippen LogP contribution in [0.4, 0.5) is 22.0 Å². The van der Waals surface area contributed by atoms with Crippen LogP contribution in [0.1, 0.15) is 45.2 Å². The summed E-state index contributed by atoms with van der Waals surface area (Å²) < 4.78 is 88.6. The normalized spacial score (nSPS) is 18.2. The number of carboxylic acid groups (broad SMARTS) is 1. The SMILES string of the molecule is C=S(=O)(N[C@@H](C)C(F)(F)F)c1ccc(-c2sc(-c3nnc(CC(C)(C)C(=O)O)o3)nc2CN2CCCC(F)(F)C2)c(Cl)c1Cl. The van der Waals surface area contributed by atoms with E-state index in [0.717, 1.165) is 18.3 Å². The first-order valence-corrected chi connectivity index (χ1v) is 16.4. The van der Waals surface area contributed by atoms with Gasteiger partial charge in [-0.25, -0.2) is 22.7 Å². The van der Waals surface area contributed by atoms with Gasteiger partial charge in [0.1, 0.15) is 6.04 Å². The number of halogens is 7. The maximum absolute atomic E-state index is 14.2. The summed E-state index contributed by atoms with van der Waals surface area (Å²) in [5, 5.41) is 17.0. The maximum atomic E-state index is 14.2. The second kappa shape index (κ2) is 12.4. The molecule has 2 aromatic heterocycles. The Kier molecular flexibility index (Phi) is 9.75. The molecular formula is C26H28Cl2F5N5O4S2. The average Bonchev–Trinajstić information content (AvgIpc) is 3.50. The lowest BCUT2D eigenvalue weighted by molar-refractivity contribution is -0.147. The Hall–Kier alpha value is -2.37. The van der Waals surface area contributed by atoms with Crippen molar-refractivity contribution in [2.24, 2.45) is 5.41 Å². The number of hydrogen-bond donors (Lipinski definition) is 2. The molecule has 1 aliphatic rings. The Bertz CT molecular complexity index is 1660. The van der Waals surface area contributed by atoms with Gasteiger partial charge in [-0.1, -0.05) is 29.3 Å². The zero-order chi connectivity index (χ0) is 32.8. The molecule has 3 heterocycles. The van der Waals surface area contributed by atoms with Gasteiger partial charge in [0.2, 0.25) is 5.89 Å². The highest BCUT2D eigenvalue weighted by Crippen LogP contribution is 2.44. The second-order valence-corrected chi connectivity index (χ2v) is 14.9. The van der Waals surface area contributed by atoms with E-state index in [-0.39, 0.29) is 63.1 Å². The Labute approximate surface area is 263 Å². The minimum atomic E-state index is -4.70. The Morgan fingerprint density at radius 1 is 1.27 bits per heavy atom. The largest absolute Gasteiger partial charge is 0.481 e. The summed E-state index contributed by atoms with van der Waals surface area (Å²) in [6, 6.07) is 0.446. The summed E-state index contributed by atoms with van der Waals surface area (Å²) in [4.78, 5) is 17.7. The van der Waals surface area contributed by atoms with Crippen molar-refractivity contribution in [2.75, 3.05) is 13.1 Å². The summed E-state index contributed by atoms with van der Waals surface area (Å²) in [5.41, 5.74) is -0.652. The fourth-order valence-corrected chi connectivity index (χ4v) is 7.85. The van der Waals surface area contributed by atoms with Crippen LogP contribution in [0.2, 0.25) is 10.0 Å². The third-order valence-corrected chi connectivity index (χ3v) is 10.8. The summed E-state index contributed by atoms with van der Waals surface area (Å²) in [5.74, 6) is -0.565. The molecule has 0 spiro atoms. The summed E-state index contributed by atoms with van der Waals surface area (Å²) in [6.45, 7) is 3.61. The van der Waals surface area contributed by atoms with Gasteiger partial charge in [-0.15, -0.1) is 21.5 Å². The van der Waals surface area contributed by atoms with Gasteiger partial charge in [-0.2, -0.15) is 13.2 Å². The molecule has 9 nitrogen and oxygen atoms in total. The van der Waals surface area contributed by atoms with E-state index >= 15 is 0 Å². The van der Waals surface area contributed by atoms with Crippen molar-refractivity contribution < 1.29 is 40.5 Å². The maximum Gasteiger partial charge on any atom is 0.404 e. The zero-order valence-electron chi connectivity index (χ0n) is 23.6. The van der Waals surface area contributed by atoms with E-state index in [4.69, 9.17) is 27.6 Å². The van der Waals surface area contributed by atoms with Crippen LogP contribution in [0, 0.1) is 5.41 Å². The number of aromatic nitrogens is 3. The number of piperidine rings is 1. The van der Waals surface area contributed by atoms with Gasteiger partial charge in [0.05, 0.1) is 47.2 Å². The van der Waals surface area contributed by atoms with Crippen molar-refractivity contribution in [1.82, 2.24) is 24.8 Å². The smallest absolute Gasteiger partial charge is 0.404 e. The molecule has 242 valence electrons. The predicted octanol–water partition coefficient (Wildman–Crippen LogP) is 6.58. The number of aliphatic carboxylic acids is 1. The fraction of sp³-hybridized carbons (Fsp3) is 0.500. The van der Waals surface area contributed by atoms with Crippen LogP contribution in [0.5, 0.6) is 0 Å². The number of benzene rings is 1. The molecule has 1 aliphatic heterocycles. The number of nitrogens with one attached hydrogen (secondary N) is 1. The second-order valence-electron chi connectivity index (χ2n) is 11.1. The monoisotopic (exact) mass is 703 g/mol. The topological polar surface area (TPSA) is 121 Å². The molecule has 0 radical (unpaired) electrons. The van der Waals surface area contributed by atoms with Crippen molar-refractivity contribution in [2.45, 2.75) is 69.6 Å². The van der Waals surface area contributed by atoms with Gasteiger partial charge < -0.3 is 9.52 Å². The molecule has 0 amide bonds. The molecule has 0 saturated carbocycles. The van der Waals surface area contributed by atoms with Crippen LogP contribution in [0.25, 0.3) is 21.3 Å². The number of carbonyl (C=O) groups is 1. The van der Waals surface area contributed by atoms with Crippen molar-refractivity contribution in [3.8, 4) is 21.3 Å². The van der Waals surface area contributed by atoms with Crippen LogP contribution < -0.4 is 4.72 Å². The molecule has 1 unspecified atom stereocenters. The molecule has 1 aromatic carbocycles. The van der Waals surface area contributed by atoms with Crippen LogP contribution in [0.15, 0.2) is 21.4 Å². The number of nitrogens with zero attached hydrogens (tertiary/aromatic N) is 4. The standard InChI is InChI=1S/C26H28Cl2F5N5O4S2/c1-13(26(31,32)33)37-44(4,41)16-7-6-14(18(27)19(16)28)20-15(11-38-9-5-8-25(29,30)12-38)34-22(43-20)21-36-35-17(42-21)10-24(2,3)23(39)40/h6-7,13H,4-5,8-12H2,1-3H3,(H,37,41)(H,39,40)/t13-,44?/m0/s1. The van der Waals surface area contributed by atoms with Crippen LogP contribution in [0.3, 0.4) is 0 Å². The molecule has 18 heteroatoms. The third-order valence-electron chi connectivity index (χ3n) is 6.87. The zero-order valence-corrected chi connectivity index (χ0v) is 26.7. The van der Waals surface area contributed by atoms with E-state index in [1.807, 2.05) is 4.72 Å². The van der Waals surface area contributed by atoms with E-state index in [9.17, 15) is 36.1 Å². The third kappa shape index (κ3) is 7.70. The first-order chi connectivity index (χ1) is 20.2. The van der Waals surface area contributed by atoms with Gasteiger partial charge in [-0.3, -0.25) is 9.69 Å². The molecule has 2 atom stereocenters. The van der Waals surface area contributed by atoms with E-state index in [2.05, 4.69) is 21.1 Å². The summed E-state index contributed by atoms with van der Waals surface area (Å²) >= 11 is 14.0. The first-order valence-electron chi connectivity index (χ1n) is 13.1. The number of thiazole rings is 1. The first kappa shape index (κ1) is 34.5. The molecule has 3 aromatic rings. The van der Waals surface area contributed by atoms with Crippen LogP contribution in [-0.2, 0) is 27.5 Å². The quantitative estimate of drug-likeness (QED) is 0.179. The molecule has 44 heavy (non-hydrogen) atoms. The van der Waals surface area contributed by atoms with Gasteiger partial charge in [0.25, 0.3) is 11.8 Å². The number of hydrogen-bond acceptors (Lipinski definition) is 8. The molecule has 0 bridgehead atoms. The average molecular weight is 705 g/mol. The van der Waals surface area contributed by atoms with Gasteiger partial charge in [0.15, 0.2) is 5.01 Å². The Morgan fingerprint density at radius 3 is 2.57 bits per heavy atom. The fourth-order valence-electron chi connectivity index (χ4n) is 4.40. The molecule has 0 aliphatic carbocycles. The highest BCUT2D eigenvalue weighted by atomic mass is 35.5. The van der Waals surface area contributed by atoms with Crippen LogP contribution >= 0.6 is 34.5 Å². The minimum absolute atomic E-state index is 0.0269. The van der Waals surface area contributed by atoms with Crippen molar-refractivity contribution in [1.29, 1.82) is 0 Å². The summed E-state index contributed by atoms with van der Waals surface area (Å²) in [7, 11) is -3.76. The van der Waals surface area contributed by atoms with E-state index in [1.165, 1.54) is 30.9 Å². The van der Waals surface area contributed by atoms with Crippen molar-refractivity contribution >= 4 is 56.1 Å². The van der Waals surface area contributed by atoms with Gasteiger partial charge in [0, 0.05) is 24.9 Å². The number of likely N-dealkylation sites (tertiary alicyclic amines) is 1. The highest BCUT2D eigenvalue weighted by Gasteiger charge is 2.39. The molecule has 1 saturated heterocycles. The van der Waals surface area contributed by atoms with Crippen LogP contribution in [-0.4, -0.2) is 72.5 Å². The van der Waals surface area contributed by atoms with Crippen molar-refractivity contribution in [3.63, 3.8) is 0 Å². The summed E-state index contributed by atoms with van der Waals surface area (Å²) in [6.07, 6.45) is -4.76. The van der Waals surface area contributed by atoms with Crippen molar-refractivity contribution in [3.05, 3.63) is 33.8 Å². The minimum Gasteiger partial charge on any atom is -0.481 e.